The SMILES string of the molecule is O=C1CC[C@@H](C#Cc2cc3ncnc(Nc4ccc(OCc5cc(F)ccc5F)nc4)c3s2)N1. The third-order valence-corrected chi connectivity index (χ3v) is 6.10. The Bertz CT molecular complexity index is 1430. The highest BCUT2D eigenvalue weighted by molar-refractivity contribution is 7.20. The van der Waals surface area contributed by atoms with E-state index in [1.165, 1.54) is 17.7 Å². The van der Waals surface area contributed by atoms with Crippen molar-refractivity contribution in [2.45, 2.75) is 25.5 Å². The van der Waals surface area contributed by atoms with Gasteiger partial charge >= 0.3 is 0 Å². The topological polar surface area (TPSA) is 89.0 Å². The number of fused-ring (bicyclic) bond motifs is 1. The maximum Gasteiger partial charge on any atom is 0.221 e. The first kappa shape index (κ1) is 21.7. The monoisotopic (exact) mass is 477 g/mol. The van der Waals surface area contributed by atoms with Gasteiger partial charge in [0.05, 0.1) is 33.0 Å². The third kappa shape index (κ3) is 4.94. The highest BCUT2D eigenvalue weighted by atomic mass is 32.1. The van der Waals surface area contributed by atoms with Gasteiger partial charge in [-0.1, -0.05) is 11.8 Å². The second kappa shape index (κ2) is 9.41. The molecule has 0 saturated carbocycles. The molecule has 10 heteroatoms. The molecule has 1 fully saturated rings. The van der Waals surface area contributed by atoms with E-state index in [0.29, 0.717) is 24.3 Å². The summed E-state index contributed by atoms with van der Waals surface area (Å²) in [5.41, 5.74) is 1.53. The lowest BCUT2D eigenvalue weighted by atomic mass is 10.2. The molecule has 34 heavy (non-hydrogen) atoms. The Morgan fingerprint density at radius 2 is 2.09 bits per heavy atom. The Labute approximate surface area is 197 Å². The van der Waals surface area contributed by atoms with Gasteiger partial charge < -0.3 is 15.4 Å². The minimum atomic E-state index is -0.541. The number of nitrogens with zero attached hydrogens (tertiary/aromatic N) is 3. The van der Waals surface area contributed by atoms with Crippen molar-refractivity contribution >= 4 is 39.0 Å². The molecule has 1 amide bonds. The van der Waals surface area contributed by atoms with E-state index in [1.807, 2.05) is 6.07 Å². The van der Waals surface area contributed by atoms with Crippen LogP contribution in [0.4, 0.5) is 20.3 Å². The fourth-order valence-corrected chi connectivity index (χ4v) is 4.28. The second-order valence-electron chi connectivity index (χ2n) is 7.51. The van der Waals surface area contributed by atoms with Crippen LogP contribution in [0.5, 0.6) is 5.88 Å². The number of ether oxygens (including phenoxy) is 1. The van der Waals surface area contributed by atoms with Crippen LogP contribution < -0.4 is 15.4 Å². The number of carbonyl (C=O) groups excluding carboxylic acids is 1. The number of carbonyl (C=O) groups is 1. The number of aromatic nitrogens is 3. The van der Waals surface area contributed by atoms with Gasteiger partial charge in [-0.05, 0) is 36.8 Å². The van der Waals surface area contributed by atoms with Gasteiger partial charge in [-0.15, -0.1) is 11.3 Å². The molecule has 1 aliphatic rings. The van der Waals surface area contributed by atoms with Crippen LogP contribution in [0.1, 0.15) is 23.3 Å². The number of amides is 1. The minimum absolute atomic E-state index is 0.0270. The zero-order valence-corrected chi connectivity index (χ0v) is 18.5. The number of nitrogens with one attached hydrogen (secondary N) is 2. The summed E-state index contributed by atoms with van der Waals surface area (Å²) in [5.74, 6) is 6.03. The van der Waals surface area contributed by atoms with Gasteiger partial charge in [-0.3, -0.25) is 4.79 Å². The van der Waals surface area contributed by atoms with Gasteiger partial charge in [-0.2, -0.15) is 0 Å². The number of halogens is 2. The Morgan fingerprint density at radius 1 is 1.18 bits per heavy atom. The van der Waals surface area contributed by atoms with Gasteiger partial charge in [0.15, 0.2) is 5.82 Å². The summed E-state index contributed by atoms with van der Waals surface area (Å²) in [6.07, 6.45) is 4.24. The molecule has 0 unspecified atom stereocenters. The summed E-state index contributed by atoms with van der Waals surface area (Å²) in [6, 6.07) is 8.34. The minimum Gasteiger partial charge on any atom is -0.473 e. The summed E-state index contributed by atoms with van der Waals surface area (Å²) >= 11 is 1.45. The molecule has 1 aliphatic heterocycles. The van der Waals surface area contributed by atoms with Crippen LogP contribution in [0.2, 0.25) is 0 Å². The number of hydrogen-bond donors (Lipinski definition) is 2. The molecule has 0 aliphatic carbocycles. The van der Waals surface area contributed by atoms with Gasteiger partial charge in [0, 0.05) is 18.1 Å². The standard InChI is InChI=1S/C24H17F2N5O2S/c25-15-1-6-19(26)14(9-15)12-33-22-8-4-17(11-27-22)31-24-23-20(28-13-29-24)10-18(34-23)5-2-16-3-7-21(32)30-16/h1,4,6,8-11,13,16H,3,7,12H2,(H,30,32)(H,28,29,31)/t16-/m1/s1. The first-order valence-corrected chi connectivity index (χ1v) is 11.2. The van der Waals surface area contributed by atoms with E-state index in [4.69, 9.17) is 4.74 Å². The number of thiophene rings is 1. The van der Waals surface area contributed by atoms with Crippen molar-refractivity contribution in [3.63, 3.8) is 0 Å². The van der Waals surface area contributed by atoms with Gasteiger partial charge in [0.2, 0.25) is 11.8 Å². The number of hydrogen-bond acceptors (Lipinski definition) is 7. The first-order valence-electron chi connectivity index (χ1n) is 10.4. The molecule has 1 atom stereocenters. The molecule has 4 heterocycles. The highest BCUT2D eigenvalue weighted by Gasteiger charge is 2.18. The van der Waals surface area contributed by atoms with E-state index in [0.717, 1.165) is 33.3 Å². The second-order valence-corrected chi connectivity index (χ2v) is 8.56. The zero-order valence-electron chi connectivity index (χ0n) is 17.6. The van der Waals surface area contributed by atoms with E-state index < -0.39 is 11.6 Å². The van der Waals surface area contributed by atoms with E-state index in [-0.39, 0.29) is 30.0 Å². The van der Waals surface area contributed by atoms with Crippen molar-refractivity contribution in [2.24, 2.45) is 0 Å². The Hall–Kier alpha value is -4.10. The predicted molar refractivity (Wildman–Crippen MR) is 124 cm³/mol. The summed E-state index contributed by atoms with van der Waals surface area (Å²) < 4.78 is 33.3. The molecule has 7 nitrogen and oxygen atoms in total. The quantitative estimate of drug-likeness (QED) is 0.417. The highest BCUT2D eigenvalue weighted by Crippen LogP contribution is 2.30. The predicted octanol–water partition coefficient (Wildman–Crippen LogP) is 4.32. The molecule has 1 aromatic carbocycles. The van der Waals surface area contributed by atoms with Crippen molar-refractivity contribution < 1.29 is 18.3 Å². The van der Waals surface area contributed by atoms with Crippen molar-refractivity contribution in [1.29, 1.82) is 0 Å². The van der Waals surface area contributed by atoms with Crippen molar-refractivity contribution in [1.82, 2.24) is 20.3 Å². The fraction of sp³-hybridized carbons (Fsp3) is 0.167. The number of benzene rings is 1. The van der Waals surface area contributed by atoms with Gasteiger partial charge in [0.1, 0.15) is 24.6 Å². The van der Waals surface area contributed by atoms with E-state index in [1.54, 1.807) is 18.3 Å². The smallest absolute Gasteiger partial charge is 0.221 e. The maximum atomic E-state index is 13.7. The molecular weight excluding hydrogens is 460 g/mol. The number of pyridine rings is 1. The molecule has 1 saturated heterocycles. The average Bonchev–Trinajstić information content (AvgIpc) is 3.45. The van der Waals surface area contributed by atoms with Crippen molar-refractivity contribution in [2.75, 3.05) is 5.32 Å². The number of rotatable bonds is 5. The van der Waals surface area contributed by atoms with Crippen LogP contribution in [0, 0.1) is 23.5 Å². The summed E-state index contributed by atoms with van der Waals surface area (Å²) in [5, 5.41) is 6.04. The summed E-state index contributed by atoms with van der Waals surface area (Å²) in [4.78, 5) is 25.0. The summed E-state index contributed by atoms with van der Waals surface area (Å²) in [6.45, 7) is -0.139. The lowest BCUT2D eigenvalue weighted by Crippen LogP contribution is -2.23. The third-order valence-electron chi connectivity index (χ3n) is 5.06. The van der Waals surface area contributed by atoms with Crippen molar-refractivity contribution in [3.05, 3.63) is 71.0 Å². The molecule has 5 rings (SSSR count). The molecule has 0 spiro atoms. The van der Waals surface area contributed by atoms with E-state index >= 15 is 0 Å². The fourth-order valence-electron chi connectivity index (χ4n) is 3.37. The molecular formula is C24H17F2N5O2S. The largest absolute Gasteiger partial charge is 0.473 e. The van der Waals surface area contributed by atoms with E-state index in [2.05, 4.69) is 37.4 Å². The Morgan fingerprint density at radius 3 is 2.88 bits per heavy atom. The van der Waals surface area contributed by atoms with Crippen LogP contribution in [-0.4, -0.2) is 26.9 Å². The molecule has 2 N–H and O–H groups in total. The van der Waals surface area contributed by atoms with Crippen LogP contribution in [0.15, 0.2) is 48.9 Å². The summed E-state index contributed by atoms with van der Waals surface area (Å²) in [7, 11) is 0. The lowest BCUT2D eigenvalue weighted by molar-refractivity contribution is -0.119. The van der Waals surface area contributed by atoms with Crippen LogP contribution in [0.25, 0.3) is 10.2 Å². The van der Waals surface area contributed by atoms with Crippen LogP contribution in [0.3, 0.4) is 0 Å². The first-order chi connectivity index (χ1) is 16.5. The zero-order chi connectivity index (χ0) is 23.5. The molecule has 4 aromatic rings. The van der Waals surface area contributed by atoms with Gasteiger partial charge in [-0.25, -0.2) is 23.7 Å². The normalized spacial score (nSPS) is 15.0. The van der Waals surface area contributed by atoms with Crippen LogP contribution >= 0.6 is 11.3 Å². The molecule has 170 valence electrons. The Balaban J connectivity index is 1.27. The molecule has 0 bridgehead atoms. The number of anilines is 2. The maximum absolute atomic E-state index is 13.7. The van der Waals surface area contributed by atoms with Crippen molar-refractivity contribution in [3.8, 4) is 17.7 Å². The lowest BCUT2D eigenvalue weighted by Gasteiger charge is -2.09. The van der Waals surface area contributed by atoms with Gasteiger partial charge in [0.25, 0.3) is 0 Å². The average molecular weight is 477 g/mol. The van der Waals surface area contributed by atoms with Crippen LogP contribution in [-0.2, 0) is 11.4 Å². The molecule has 3 aromatic heterocycles. The Kier molecular flexibility index (Phi) is 6.01. The van der Waals surface area contributed by atoms with E-state index in [9.17, 15) is 13.6 Å². The molecule has 0 radical (unpaired) electrons.